The lowest BCUT2D eigenvalue weighted by Crippen LogP contribution is -2.59. The number of hydrogen-bond donors (Lipinski definition) is 1. The Morgan fingerprint density at radius 3 is 2.52 bits per heavy atom. The molecular weight excluding hydrogens is 516 g/mol. The highest BCUT2D eigenvalue weighted by molar-refractivity contribution is 6.14. The van der Waals surface area contributed by atoms with E-state index in [2.05, 4.69) is 6.08 Å². The van der Waals surface area contributed by atoms with Crippen LogP contribution in [0.2, 0.25) is 0 Å². The second-order valence-electron chi connectivity index (χ2n) is 11.5. The first-order valence-electron chi connectivity index (χ1n) is 14.3. The topological polar surface area (TPSA) is 133 Å². The summed E-state index contributed by atoms with van der Waals surface area (Å²) >= 11 is 0. The van der Waals surface area contributed by atoms with E-state index < -0.39 is 53.5 Å². The zero-order valence-electron chi connectivity index (χ0n) is 23.0. The standard InChI is InChI=1S/C31H36O9/c1-3-5-7-8-9-11-12-18-14-23-30(17-24(33)34)16-20-25(28(36)38-27(20)35)26-19(18)15-22(21(32)13-10-6-4-2)39-31(23,26)40-29(30)37/h3-6,14,18-19,22,26H,7-13,15-17H2,1-2H3,(H,33,34)/b5-3+,6-4+/t18-,19+,22-,26+,30-,31+/m1/s1. The Hall–Kier alpha value is -3.33. The first-order valence-corrected chi connectivity index (χ1v) is 14.3. The van der Waals surface area contributed by atoms with Crippen LogP contribution in [0.1, 0.15) is 78.1 Å². The van der Waals surface area contributed by atoms with Crippen molar-refractivity contribution in [2.45, 2.75) is 89.9 Å². The van der Waals surface area contributed by atoms with E-state index in [4.69, 9.17) is 14.2 Å². The third kappa shape index (κ3) is 4.48. The lowest BCUT2D eigenvalue weighted by Gasteiger charge is -2.52. The molecule has 9 heteroatoms. The number of carbonyl (C=O) groups is 5. The number of Topliss-reactive ketones (excluding diaryl/α,β-unsaturated/α-hetero) is 1. The molecule has 40 heavy (non-hydrogen) atoms. The first kappa shape index (κ1) is 28.2. The van der Waals surface area contributed by atoms with Crippen molar-refractivity contribution in [3.8, 4) is 0 Å². The van der Waals surface area contributed by atoms with Crippen LogP contribution in [0.25, 0.3) is 0 Å². The van der Waals surface area contributed by atoms with E-state index in [-0.39, 0.29) is 41.6 Å². The van der Waals surface area contributed by atoms with Gasteiger partial charge in [-0.15, -0.1) is 0 Å². The van der Waals surface area contributed by atoms with Crippen LogP contribution in [-0.4, -0.2) is 46.7 Å². The number of carboxylic acids is 1. The molecule has 0 aromatic rings. The van der Waals surface area contributed by atoms with Crippen LogP contribution in [0.15, 0.2) is 47.1 Å². The molecule has 5 aliphatic rings. The van der Waals surface area contributed by atoms with Gasteiger partial charge in [0.15, 0.2) is 5.78 Å². The Labute approximate surface area is 233 Å². The predicted molar refractivity (Wildman–Crippen MR) is 141 cm³/mol. The van der Waals surface area contributed by atoms with E-state index in [1.807, 2.05) is 38.2 Å². The van der Waals surface area contributed by atoms with Gasteiger partial charge < -0.3 is 19.3 Å². The fraction of sp³-hybridized carbons (Fsp3) is 0.581. The molecule has 2 aliphatic carbocycles. The van der Waals surface area contributed by atoms with Crippen molar-refractivity contribution in [2.24, 2.45) is 23.2 Å². The molecule has 9 nitrogen and oxygen atoms in total. The number of ketones is 1. The number of unbranched alkanes of at least 4 members (excludes halogenated alkanes) is 3. The zero-order valence-corrected chi connectivity index (χ0v) is 23.0. The fourth-order valence-electron chi connectivity index (χ4n) is 7.40. The Kier molecular flexibility index (Phi) is 7.70. The lowest BCUT2D eigenvalue weighted by atomic mass is 9.59. The summed E-state index contributed by atoms with van der Waals surface area (Å²) in [6.07, 6.45) is 13.6. The van der Waals surface area contributed by atoms with E-state index >= 15 is 0 Å². The molecule has 2 fully saturated rings. The molecule has 3 heterocycles. The maximum Gasteiger partial charge on any atom is 0.343 e. The predicted octanol–water partition coefficient (Wildman–Crippen LogP) is 4.51. The number of esters is 3. The number of carbonyl (C=O) groups excluding carboxylic acids is 4. The average molecular weight is 553 g/mol. The molecule has 3 aliphatic heterocycles. The SMILES string of the molecule is C/C=C/CCCCC[C@@H]1C=C2[C@]3(CC(=O)O)CC4=C(C(=O)OC4=O)[C@@H]4[C@H]1C[C@H](C(=O)CC/C=C/C)O[C@]24OC3=O. The van der Waals surface area contributed by atoms with E-state index in [0.29, 0.717) is 18.4 Å². The molecule has 0 unspecified atom stereocenters. The third-order valence-corrected chi connectivity index (χ3v) is 9.11. The summed E-state index contributed by atoms with van der Waals surface area (Å²) in [4.78, 5) is 65.1. The molecule has 0 amide bonds. The Morgan fingerprint density at radius 2 is 1.80 bits per heavy atom. The van der Waals surface area contributed by atoms with Crippen LogP contribution in [0.5, 0.6) is 0 Å². The summed E-state index contributed by atoms with van der Waals surface area (Å²) in [6, 6.07) is 0. The highest BCUT2D eigenvalue weighted by atomic mass is 16.7. The summed E-state index contributed by atoms with van der Waals surface area (Å²) in [5, 5.41) is 9.90. The lowest BCUT2D eigenvalue weighted by molar-refractivity contribution is -0.268. The number of allylic oxidation sites excluding steroid dienone is 5. The van der Waals surface area contributed by atoms with Crippen LogP contribution in [0.4, 0.5) is 0 Å². The van der Waals surface area contributed by atoms with E-state index in [0.717, 1.165) is 32.1 Å². The number of cyclic esters (lactones) is 2. The van der Waals surface area contributed by atoms with Crippen molar-refractivity contribution in [2.75, 3.05) is 0 Å². The van der Waals surface area contributed by atoms with Crippen molar-refractivity contribution >= 4 is 29.7 Å². The van der Waals surface area contributed by atoms with Crippen LogP contribution >= 0.6 is 0 Å². The van der Waals surface area contributed by atoms with Crippen LogP contribution in [0, 0.1) is 23.2 Å². The van der Waals surface area contributed by atoms with Gasteiger partial charge >= 0.3 is 23.9 Å². The molecule has 0 saturated carbocycles. The summed E-state index contributed by atoms with van der Waals surface area (Å²) in [6.45, 7) is 3.86. The van der Waals surface area contributed by atoms with Crippen molar-refractivity contribution in [3.63, 3.8) is 0 Å². The van der Waals surface area contributed by atoms with Gasteiger partial charge in [0.1, 0.15) is 11.5 Å². The van der Waals surface area contributed by atoms with Gasteiger partial charge in [0.2, 0.25) is 5.79 Å². The molecule has 0 radical (unpaired) electrons. The zero-order chi connectivity index (χ0) is 28.7. The van der Waals surface area contributed by atoms with E-state index in [1.165, 1.54) is 0 Å². The normalized spacial score (nSPS) is 34.1. The molecule has 0 aromatic carbocycles. The molecule has 6 atom stereocenters. The molecule has 2 saturated heterocycles. The number of hydrogen-bond acceptors (Lipinski definition) is 8. The third-order valence-electron chi connectivity index (χ3n) is 9.11. The smallest absolute Gasteiger partial charge is 0.343 e. The number of rotatable bonds is 12. The van der Waals surface area contributed by atoms with Gasteiger partial charge in [0.25, 0.3) is 0 Å². The van der Waals surface area contributed by atoms with Crippen LogP contribution in [0.3, 0.4) is 0 Å². The minimum atomic E-state index is -1.82. The molecule has 0 aromatic heterocycles. The summed E-state index contributed by atoms with van der Waals surface area (Å²) < 4.78 is 17.4. The Balaban J connectivity index is 1.60. The fourth-order valence-corrected chi connectivity index (χ4v) is 7.40. The average Bonchev–Trinajstić information content (AvgIpc) is 3.25. The molecule has 1 spiro atoms. The molecular formula is C31H36O9. The quantitative estimate of drug-likeness (QED) is 0.161. The highest BCUT2D eigenvalue weighted by Crippen LogP contribution is 2.67. The van der Waals surface area contributed by atoms with Gasteiger partial charge in [0, 0.05) is 18.4 Å². The summed E-state index contributed by atoms with van der Waals surface area (Å²) in [5.41, 5.74) is -1.25. The van der Waals surface area contributed by atoms with Crippen molar-refractivity contribution < 1.29 is 43.3 Å². The van der Waals surface area contributed by atoms with E-state index in [1.54, 1.807) is 0 Å². The van der Waals surface area contributed by atoms with Gasteiger partial charge in [-0.25, -0.2) is 9.59 Å². The highest BCUT2D eigenvalue weighted by Gasteiger charge is 2.75. The van der Waals surface area contributed by atoms with Crippen molar-refractivity contribution in [1.82, 2.24) is 0 Å². The van der Waals surface area contributed by atoms with Crippen molar-refractivity contribution in [1.29, 1.82) is 0 Å². The van der Waals surface area contributed by atoms with Gasteiger partial charge in [-0.05, 0) is 57.8 Å². The van der Waals surface area contributed by atoms with Crippen molar-refractivity contribution in [3.05, 3.63) is 47.1 Å². The largest absolute Gasteiger partial charge is 0.481 e. The second kappa shape index (κ2) is 10.9. The molecule has 214 valence electrons. The molecule has 5 rings (SSSR count). The number of ether oxygens (including phenoxy) is 3. The maximum absolute atomic E-state index is 13.7. The second-order valence-corrected chi connectivity index (χ2v) is 11.5. The van der Waals surface area contributed by atoms with Crippen LogP contribution < -0.4 is 0 Å². The molecule has 1 N–H and O–H groups in total. The Morgan fingerprint density at radius 1 is 1.05 bits per heavy atom. The molecule has 5 bridgehead atoms. The summed E-state index contributed by atoms with van der Waals surface area (Å²) in [5.74, 6) is -7.03. The van der Waals surface area contributed by atoms with E-state index in [9.17, 15) is 29.1 Å². The van der Waals surface area contributed by atoms with Gasteiger partial charge in [-0.1, -0.05) is 43.2 Å². The number of carboxylic acid groups (broad SMARTS) is 1. The minimum Gasteiger partial charge on any atom is -0.481 e. The monoisotopic (exact) mass is 552 g/mol. The summed E-state index contributed by atoms with van der Waals surface area (Å²) in [7, 11) is 0. The first-order chi connectivity index (χ1) is 19.2. The maximum atomic E-state index is 13.7. The van der Waals surface area contributed by atoms with Gasteiger partial charge in [-0.2, -0.15) is 0 Å². The van der Waals surface area contributed by atoms with Gasteiger partial charge in [-0.3, -0.25) is 14.4 Å². The van der Waals surface area contributed by atoms with Crippen LogP contribution in [-0.2, 0) is 38.2 Å². The number of aliphatic carboxylic acids is 1. The van der Waals surface area contributed by atoms with Gasteiger partial charge in [0.05, 0.1) is 23.5 Å². The minimum absolute atomic E-state index is 0.0270. The Bertz CT molecular complexity index is 1250.